The molecule has 0 aliphatic rings. The van der Waals surface area contributed by atoms with E-state index >= 15 is 0 Å². The first-order valence-electron chi connectivity index (χ1n) is 7.35. The van der Waals surface area contributed by atoms with Gasteiger partial charge in [0.1, 0.15) is 17.7 Å². The molecular formula is C18H15FIN3O. The zero-order chi connectivity index (χ0) is 17.1. The van der Waals surface area contributed by atoms with Gasteiger partial charge in [-0.2, -0.15) is 0 Å². The second-order valence-corrected chi connectivity index (χ2v) is 6.47. The molecule has 0 spiro atoms. The van der Waals surface area contributed by atoms with Crippen LogP contribution in [0.5, 0.6) is 0 Å². The maximum absolute atomic E-state index is 14.3. The minimum atomic E-state index is -0.672. The second-order valence-electron chi connectivity index (χ2n) is 5.30. The lowest BCUT2D eigenvalue weighted by Crippen LogP contribution is -2.32. The number of carbonyl (C=O) groups excluding carboxylic acids is 1. The zero-order valence-corrected chi connectivity index (χ0v) is 15.1. The Bertz CT molecular complexity index is 878. The smallest absolute Gasteiger partial charge is 0.253 e. The molecule has 0 aliphatic carbocycles. The molecule has 2 aromatic carbocycles. The van der Waals surface area contributed by atoms with Gasteiger partial charge in [0, 0.05) is 28.6 Å². The molecule has 1 atom stereocenters. The van der Waals surface area contributed by atoms with Crippen molar-refractivity contribution in [2.45, 2.75) is 6.04 Å². The average Bonchev–Trinajstić information content (AvgIpc) is 2.99. The van der Waals surface area contributed by atoms with Gasteiger partial charge in [-0.15, -0.1) is 0 Å². The molecule has 0 fully saturated rings. The van der Waals surface area contributed by atoms with E-state index in [0.717, 1.165) is 3.57 Å². The number of aromatic nitrogens is 2. The van der Waals surface area contributed by atoms with E-state index in [9.17, 15) is 9.18 Å². The van der Waals surface area contributed by atoms with Crippen molar-refractivity contribution in [1.82, 2.24) is 14.9 Å². The zero-order valence-electron chi connectivity index (χ0n) is 12.9. The van der Waals surface area contributed by atoms with Crippen LogP contribution in [0.2, 0.25) is 0 Å². The minimum Gasteiger partial charge on any atom is -0.338 e. The Morgan fingerprint density at radius 3 is 2.58 bits per heavy atom. The largest absolute Gasteiger partial charge is 0.338 e. The van der Waals surface area contributed by atoms with E-state index in [2.05, 4.69) is 32.9 Å². The number of hydrogen-bond donors (Lipinski definition) is 1. The van der Waals surface area contributed by atoms with E-state index in [0.29, 0.717) is 17.0 Å². The van der Waals surface area contributed by atoms with Gasteiger partial charge in [0.25, 0.3) is 5.91 Å². The van der Waals surface area contributed by atoms with Gasteiger partial charge >= 0.3 is 0 Å². The van der Waals surface area contributed by atoms with Crippen LogP contribution >= 0.6 is 22.6 Å². The molecule has 1 amide bonds. The molecule has 1 heterocycles. The Morgan fingerprint density at radius 1 is 1.21 bits per heavy atom. The third-order valence-corrected chi connectivity index (χ3v) is 4.67. The van der Waals surface area contributed by atoms with Crippen LogP contribution in [-0.4, -0.2) is 15.5 Å². The summed E-state index contributed by atoms with van der Waals surface area (Å²) in [6.07, 6.45) is 3.39. The fourth-order valence-corrected chi connectivity index (χ4v) is 3.13. The van der Waals surface area contributed by atoms with Crippen LogP contribution in [0.25, 0.3) is 0 Å². The number of rotatable bonds is 4. The lowest BCUT2D eigenvalue weighted by atomic mass is 10.0. The Kier molecular flexibility index (Phi) is 4.94. The normalized spacial score (nSPS) is 12.0. The summed E-state index contributed by atoms with van der Waals surface area (Å²) in [7, 11) is 1.81. The average molecular weight is 435 g/mol. The van der Waals surface area contributed by atoms with Gasteiger partial charge in [-0.25, -0.2) is 9.37 Å². The number of nitrogens with one attached hydrogen (secondary N) is 1. The summed E-state index contributed by atoms with van der Waals surface area (Å²) in [5, 5.41) is 2.91. The number of nitrogens with zero attached hydrogens (tertiary/aromatic N) is 2. The highest BCUT2D eigenvalue weighted by atomic mass is 127. The number of amides is 1. The van der Waals surface area contributed by atoms with E-state index in [-0.39, 0.29) is 11.7 Å². The number of carbonyl (C=O) groups is 1. The lowest BCUT2D eigenvalue weighted by Gasteiger charge is -2.20. The molecular weight excluding hydrogens is 420 g/mol. The summed E-state index contributed by atoms with van der Waals surface area (Å²) >= 11 is 2.11. The van der Waals surface area contributed by atoms with Crippen molar-refractivity contribution < 1.29 is 9.18 Å². The van der Waals surface area contributed by atoms with E-state index in [1.807, 2.05) is 19.2 Å². The van der Waals surface area contributed by atoms with Crippen molar-refractivity contribution in [2.75, 3.05) is 0 Å². The fraction of sp³-hybridized carbons (Fsp3) is 0.111. The summed E-state index contributed by atoms with van der Waals surface area (Å²) in [5.74, 6) is -0.0794. The highest BCUT2D eigenvalue weighted by Crippen LogP contribution is 2.24. The standard InChI is InChI=1S/C18H15FIN3O/c1-23-11-10-21-17(23)16(12-6-2-4-8-14(12)19)22-18(24)13-7-3-5-9-15(13)20/h2-11,16H,1H3,(H,22,24). The van der Waals surface area contributed by atoms with Gasteiger partial charge in [0.15, 0.2) is 0 Å². The molecule has 1 unspecified atom stereocenters. The number of halogens is 2. The monoisotopic (exact) mass is 435 g/mol. The molecule has 1 N–H and O–H groups in total. The maximum atomic E-state index is 14.3. The molecule has 0 radical (unpaired) electrons. The van der Waals surface area contributed by atoms with Crippen molar-refractivity contribution in [3.05, 3.63) is 87.3 Å². The van der Waals surface area contributed by atoms with Crippen molar-refractivity contribution in [3.8, 4) is 0 Å². The third-order valence-electron chi connectivity index (χ3n) is 3.73. The molecule has 1 aromatic heterocycles. The number of hydrogen-bond acceptors (Lipinski definition) is 2. The molecule has 0 saturated carbocycles. The molecule has 6 heteroatoms. The lowest BCUT2D eigenvalue weighted by molar-refractivity contribution is 0.0939. The van der Waals surface area contributed by atoms with Crippen molar-refractivity contribution in [1.29, 1.82) is 0 Å². The Morgan fingerprint density at radius 2 is 1.92 bits per heavy atom. The number of imidazole rings is 1. The van der Waals surface area contributed by atoms with Crippen molar-refractivity contribution in [3.63, 3.8) is 0 Å². The van der Waals surface area contributed by atoms with E-state index < -0.39 is 6.04 Å². The van der Waals surface area contributed by atoms with E-state index in [1.54, 1.807) is 47.3 Å². The van der Waals surface area contributed by atoms with Crippen LogP contribution in [0.1, 0.15) is 27.8 Å². The van der Waals surface area contributed by atoms with Crippen LogP contribution in [0.3, 0.4) is 0 Å². The van der Waals surface area contributed by atoms with Gasteiger partial charge in [0.05, 0.1) is 5.56 Å². The van der Waals surface area contributed by atoms with Gasteiger partial charge < -0.3 is 9.88 Å². The summed E-state index contributed by atoms with van der Waals surface area (Å²) in [4.78, 5) is 17.0. The molecule has 0 saturated heterocycles. The molecule has 24 heavy (non-hydrogen) atoms. The van der Waals surface area contributed by atoms with E-state index in [1.165, 1.54) is 6.07 Å². The first-order valence-corrected chi connectivity index (χ1v) is 8.43. The summed E-state index contributed by atoms with van der Waals surface area (Å²) in [5.41, 5.74) is 0.930. The molecule has 0 bridgehead atoms. The topological polar surface area (TPSA) is 46.9 Å². The van der Waals surface area contributed by atoms with E-state index in [4.69, 9.17) is 0 Å². The van der Waals surface area contributed by atoms with Gasteiger partial charge in [-0.3, -0.25) is 4.79 Å². The SMILES string of the molecule is Cn1ccnc1C(NC(=O)c1ccccc1I)c1ccccc1F. The van der Waals surface area contributed by atoms with Crippen molar-refractivity contribution >= 4 is 28.5 Å². The van der Waals surface area contributed by atoms with Crippen LogP contribution in [0, 0.1) is 9.39 Å². The van der Waals surface area contributed by atoms with Crippen LogP contribution in [0.15, 0.2) is 60.9 Å². The summed E-state index contributed by atoms with van der Waals surface area (Å²) in [6, 6.07) is 13.0. The first-order chi connectivity index (χ1) is 11.6. The van der Waals surface area contributed by atoms with Crippen LogP contribution in [0.4, 0.5) is 4.39 Å². The molecule has 4 nitrogen and oxygen atoms in total. The number of benzene rings is 2. The predicted molar refractivity (Wildman–Crippen MR) is 98.1 cm³/mol. The highest BCUT2D eigenvalue weighted by Gasteiger charge is 2.24. The molecule has 3 aromatic rings. The number of aryl methyl sites for hydroxylation is 1. The first kappa shape index (κ1) is 16.6. The molecule has 3 rings (SSSR count). The molecule has 0 aliphatic heterocycles. The maximum Gasteiger partial charge on any atom is 0.253 e. The fourth-order valence-electron chi connectivity index (χ4n) is 2.50. The van der Waals surface area contributed by atoms with Crippen LogP contribution < -0.4 is 5.32 Å². The van der Waals surface area contributed by atoms with Gasteiger partial charge in [-0.1, -0.05) is 30.3 Å². The predicted octanol–water partition coefficient (Wildman–Crippen LogP) is 3.68. The summed E-state index contributed by atoms with van der Waals surface area (Å²) in [6.45, 7) is 0. The minimum absolute atomic E-state index is 0.267. The quantitative estimate of drug-likeness (QED) is 0.636. The molecule has 122 valence electrons. The van der Waals surface area contributed by atoms with Crippen LogP contribution in [-0.2, 0) is 7.05 Å². The third kappa shape index (κ3) is 3.33. The van der Waals surface area contributed by atoms with Crippen molar-refractivity contribution in [2.24, 2.45) is 7.05 Å². The second kappa shape index (κ2) is 7.12. The Balaban J connectivity index is 2.00. The highest BCUT2D eigenvalue weighted by molar-refractivity contribution is 14.1. The van der Waals surface area contributed by atoms with Gasteiger partial charge in [-0.05, 0) is 40.8 Å². The Labute approximate surface area is 152 Å². The summed E-state index contributed by atoms with van der Waals surface area (Å²) < 4.78 is 16.9. The Hall–Kier alpha value is -2.22. The van der Waals surface area contributed by atoms with Gasteiger partial charge in [0.2, 0.25) is 0 Å².